The number of pyridine rings is 1. The third kappa shape index (κ3) is 3.10. The van der Waals surface area contributed by atoms with Crippen molar-refractivity contribution in [1.82, 2.24) is 4.98 Å². The van der Waals surface area contributed by atoms with E-state index in [1.807, 2.05) is 0 Å². The van der Waals surface area contributed by atoms with Crippen molar-refractivity contribution in [2.45, 2.75) is 6.04 Å². The van der Waals surface area contributed by atoms with E-state index >= 15 is 0 Å². The van der Waals surface area contributed by atoms with Gasteiger partial charge in [0.05, 0.1) is 16.1 Å². The van der Waals surface area contributed by atoms with Crippen LogP contribution in [0.2, 0.25) is 0 Å². The van der Waals surface area contributed by atoms with Crippen molar-refractivity contribution in [2.24, 2.45) is 0 Å². The first-order valence-electron chi connectivity index (χ1n) is 9.01. The Hall–Kier alpha value is -4.33. The maximum absolute atomic E-state index is 13.0. The molecule has 0 bridgehead atoms. The van der Waals surface area contributed by atoms with Crippen molar-refractivity contribution in [3.05, 3.63) is 106 Å². The number of Topliss-reactive ketones (excluding diaryl/α,β-unsaturated/α-hetero) is 1. The summed E-state index contributed by atoms with van der Waals surface area (Å²) in [4.78, 5) is 42.2. The van der Waals surface area contributed by atoms with Crippen molar-refractivity contribution in [3.63, 3.8) is 0 Å². The first-order chi connectivity index (χ1) is 14.5. The summed E-state index contributed by atoms with van der Waals surface area (Å²) in [5.74, 6) is -2.12. The highest BCUT2D eigenvalue weighted by Crippen LogP contribution is 2.44. The molecule has 8 nitrogen and oxygen atoms in total. The van der Waals surface area contributed by atoms with Crippen molar-refractivity contribution in [2.75, 3.05) is 4.90 Å². The van der Waals surface area contributed by atoms with Gasteiger partial charge in [0, 0.05) is 17.8 Å². The topological polar surface area (TPSA) is 114 Å². The quantitative estimate of drug-likeness (QED) is 0.235. The van der Waals surface area contributed by atoms with E-state index in [1.165, 1.54) is 30.5 Å². The summed E-state index contributed by atoms with van der Waals surface area (Å²) in [5.41, 5.74) is -0.0830. The lowest BCUT2D eigenvalue weighted by Crippen LogP contribution is -2.30. The summed E-state index contributed by atoms with van der Waals surface area (Å²) in [7, 11) is 0. The largest absolute Gasteiger partial charge is 0.507 e. The van der Waals surface area contributed by atoms with E-state index < -0.39 is 28.4 Å². The molecule has 1 saturated heterocycles. The summed E-state index contributed by atoms with van der Waals surface area (Å²) >= 11 is 0. The number of hydrogen-bond donors (Lipinski definition) is 1. The lowest BCUT2D eigenvalue weighted by Gasteiger charge is -2.24. The minimum Gasteiger partial charge on any atom is -0.507 e. The smallest absolute Gasteiger partial charge is 0.301 e. The number of aliphatic hydroxyl groups excluding tert-OH is 1. The molecular weight excluding hydrogens is 386 g/mol. The van der Waals surface area contributed by atoms with Crippen LogP contribution in [0, 0.1) is 10.1 Å². The molecule has 30 heavy (non-hydrogen) atoms. The molecule has 0 unspecified atom stereocenters. The molecule has 0 aliphatic carbocycles. The average Bonchev–Trinajstić information content (AvgIpc) is 3.05. The summed E-state index contributed by atoms with van der Waals surface area (Å²) < 4.78 is 0. The van der Waals surface area contributed by atoms with Gasteiger partial charge in [-0.15, -0.1) is 0 Å². The summed E-state index contributed by atoms with van der Waals surface area (Å²) in [6, 6.07) is 17.7. The van der Waals surface area contributed by atoms with E-state index in [0.717, 1.165) is 4.90 Å². The number of nitro benzene ring substituents is 1. The number of para-hydroxylation sites is 1. The fourth-order valence-corrected chi connectivity index (χ4v) is 3.50. The Balaban J connectivity index is 2.02. The van der Waals surface area contributed by atoms with E-state index in [4.69, 9.17) is 0 Å². The Morgan fingerprint density at radius 2 is 1.63 bits per heavy atom. The number of nitrogens with zero attached hydrogens (tertiary/aromatic N) is 3. The van der Waals surface area contributed by atoms with Crippen LogP contribution >= 0.6 is 0 Å². The van der Waals surface area contributed by atoms with Crippen LogP contribution in [-0.4, -0.2) is 26.7 Å². The summed E-state index contributed by atoms with van der Waals surface area (Å²) in [6.45, 7) is 0. The van der Waals surface area contributed by atoms with E-state index in [9.17, 15) is 24.8 Å². The maximum Gasteiger partial charge on any atom is 0.301 e. The monoisotopic (exact) mass is 401 g/mol. The minimum absolute atomic E-state index is 0.102. The molecule has 148 valence electrons. The molecule has 2 aromatic carbocycles. The molecular formula is C22H15N3O5. The lowest BCUT2D eigenvalue weighted by atomic mass is 9.94. The van der Waals surface area contributed by atoms with Crippen molar-refractivity contribution in [1.29, 1.82) is 0 Å². The Morgan fingerprint density at radius 3 is 2.30 bits per heavy atom. The van der Waals surface area contributed by atoms with Crippen LogP contribution in [0.15, 0.2) is 84.6 Å². The molecule has 0 radical (unpaired) electrons. The molecule has 0 spiro atoms. The van der Waals surface area contributed by atoms with Gasteiger partial charge >= 0.3 is 5.91 Å². The molecule has 1 amide bonds. The molecule has 1 aromatic heterocycles. The fraction of sp³-hybridized carbons (Fsp3) is 0.0455. The third-order valence-electron chi connectivity index (χ3n) is 4.82. The molecule has 3 aromatic rings. The zero-order chi connectivity index (χ0) is 21.3. The Morgan fingerprint density at radius 1 is 0.967 bits per heavy atom. The van der Waals surface area contributed by atoms with E-state index in [0.29, 0.717) is 5.56 Å². The number of rotatable bonds is 4. The number of aliphatic hydroxyl groups is 1. The number of carbonyl (C=O) groups excluding carboxylic acids is 2. The third-order valence-corrected chi connectivity index (χ3v) is 4.82. The van der Waals surface area contributed by atoms with Crippen LogP contribution in [0.5, 0.6) is 0 Å². The first kappa shape index (κ1) is 19.0. The van der Waals surface area contributed by atoms with Crippen molar-refractivity contribution < 1.29 is 19.6 Å². The van der Waals surface area contributed by atoms with Gasteiger partial charge in [-0.25, -0.2) is 4.98 Å². The maximum atomic E-state index is 13.0. The van der Waals surface area contributed by atoms with Crippen LogP contribution < -0.4 is 4.90 Å². The van der Waals surface area contributed by atoms with Gasteiger partial charge in [0.2, 0.25) is 0 Å². The normalized spacial score (nSPS) is 17.9. The number of ketones is 1. The van der Waals surface area contributed by atoms with Gasteiger partial charge in [-0.05, 0) is 18.2 Å². The second kappa shape index (κ2) is 7.59. The van der Waals surface area contributed by atoms with Crippen LogP contribution in [-0.2, 0) is 9.59 Å². The predicted molar refractivity (Wildman–Crippen MR) is 109 cm³/mol. The number of hydrogen-bond acceptors (Lipinski definition) is 6. The van der Waals surface area contributed by atoms with Crippen LogP contribution in [0.3, 0.4) is 0 Å². The average molecular weight is 401 g/mol. The Kier molecular flexibility index (Phi) is 4.81. The molecule has 2 heterocycles. The van der Waals surface area contributed by atoms with E-state index in [2.05, 4.69) is 4.98 Å². The number of anilines is 1. The molecule has 1 fully saturated rings. The highest BCUT2D eigenvalue weighted by atomic mass is 16.6. The number of amides is 1. The fourth-order valence-electron chi connectivity index (χ4n) is 3.50. The van der Waals surface area contributed by atoms with Crippen LogP contribution in [0.1, 0.15) is 17.2 Å². The standard InChI is InChI=1S/C22H15N3O5/c26-20(14-8-2-1-3-9-14)18-19(15-10-4-5-11-16(15)25(29)30)24(22(28)21(18)27)17-12-6-7-13-23-17/h1-13,19,26H/b20-18+/t19-/m1/s1. The Labute approximate surface area is 170 Å². The van der Waals surface area contributed by atoms with E-state index in [1.54, 1.807) is 48.5 Å². The van der Waals surface area contributed by atoms with Gasteiger partial charge in [-0.2, -0.15) is 0 Å². The van der Waals surface area contributed by atoms with Crippen LogP contribution in [0.4, 0.5) is 11.5 Å². The molecule has 1 atom stereocenters. The minimum atomic E-state index is -1.21. The first-order valence-corrected chi connectivity index (χ1v) is 9.01. The van der Waals surface area contributed by atoms with Crippen molar-refractivity contribution in [3.8, 4) is 0 Å². The highest BCUT2D eigenvalue weighted by molar-refractivity contribution is 6.51. The number of aromatic nitrogens is 1. The molecule has 0 saturated carbocycles. The van der Waals surface area contributed by atoms with E-state index in [-0.39, 0.29) is 22.6 Å². The molecule has 1 aliphatic heterocycles. The second-order valence-corrected chi connectivity index (χ2v) is 6.54. The molecule has 1 N–H and O–H groups in total. The molecule has 8 heteroatoms. The number of carbonyl (C=O) groups is 2. The van der Waals surface area contributed by atoms with Gasteiger partial charge in [0.1, 0.15) is 17.6 Å². The molecule has 1 aliphatic rings. The molecule has 4 rings (SSSR count). The van der Waals surface area contributed by atoms with Gasteiger partial charge < -0.3 is 5.11 Å². The number of benzene rings is 2. The lowest BCUT2D eigenvalue weighted by molar-refractivity contribution is -0.385. The SMILES string of the molecule is O=C1C(=O)N(c2ccccn2)[C@H](c2ccccc2[N+](=O)[O-])/C1=C(\O)c1ccccc1. The summed E-state index contributed by atoms with van der Waals surface area (Å²) in [6.07, 6.45) is 1.45. The van der Waals surface area contributed by atoms with Crippen molar-refractivity contribution >= 4 is 29.0 Å². The summed E-state index contributed by atoms with van der Waals surface area (Å²) in [5, 5.41) is 22.6. The van der Waals surface area contributed by atoms with Gasteiger partial charge in [0.15, 0.2) is 0 Å². The second-order valence-electron chi connectivity index (χ2n) is 6.54. The van der Waals surface area contributed by atoms with Gasteiger partial charge in [0.25, 0.3) is 11.5 Å². The predicted octanol–water partition coefficient (Wildman–Crippen LogP) is 3.62. The zero-order valence-corrected chi connectivity index (χ0v) is 15.5. The Bertz CT molecular complexity index is 1180. The zero-order valence-electron chi connectivity index (χ0n) is 15.5. The number of nitro groups is 1. The highest BCUT2D eigenvalue weighted by Gasteiger charge is 2.49. The van der Waals surface area contributed by atoms with Crippen LogP contribution in [0.25, 0.3) is 5.76 Å². The van der Waals surface area contributed by atoms with Gasteiger partial charge in [-0.1, -0.05) is 48.5 Å². The van der Waals surface area contributed by atoms with Gasteiger partial charge in [-0.3, -0.25) is 24.6 Å².